The van der Waals surface area contributed by atoms with Gasteiger partial charge in [0.1, 0.15) is 5.82 Å². The first-order chi connectivity index (χ1) is 8.94. The molecule has 4 heteroatoms. The van der Waals surface area contributed by atoms with Crippen LogP contribution in [0.5, 0.6) is 0 Å². The third-order valence-electron chi connectivity index (χ3n) is 3.48. The molecule has 2 heterocycles. The van der Waals surface area contributed by atoms with Gasteiger partial charge in [0, 0.05) is 31.4 Å². The molecule has 0 aromatic carbocycles. The summed E-state index contributed by atoms with van der Waals surface area (Å²) in [5.74, 6) is 1.75. The van der Waals surface area contributed by atoms with Crippen molar-refractivity contribution in [3.63, 3.8) is 0 Å². The molecule has 2 rings (SSSR count). The van der Waals surface area contributed by atoms with Gasteiger partial charge in [-0.05, 0) is 51.7 Å². The molecule has 1 unspecified atom stereocenters. The van der Waals surface area contributed by atoms with E-state index in [1.807, 2.05) is 12.1 Å². The average molecular weight is 282 g/mol. The van der Waals surface area contributed by atoms with Gasteiger partial charge in [-0.1, -0.05) is 11.6 Å². The Balaban J connectivity index is 1.91. The molecule has 1 aliphatic rings. The molecule has 1 aromatic rings. The van der Waals surface area contributed by atoms with Crippen molar-refractivity contribution in [2.75, 3.05) is 24.5 Å². The zero-order valence-electron chi connectivity index (χ0n) is 12.1. The summed E-state index contributed by atoms with van der Waals surface area (Å²) in [7, 11) is 0. The Bertz CT molecular complexity index is 397. The summed E-state index contributed by atoms with van der Waals surface area (Å²) in [6, 6.07) is 3.93. The predicted molar refractivity (Wildman–Crippen MR) is 81.9 cm³/mol. The van der Waals surface area contributed by atoms with Gasteiger partial charge in [-0.2, -0.15) is 0 Å². The van der Waals surface area contributed by atoms with Gasteiger partial charge in [0.05, 0.1) is 5.02 Å². The molecule has 0 radical (unpaired) electrons. The quantitative estimate of drug-likeness (QED) is 0.921. The molecule has 1 atom stereocenters. The lowest BCUT2D eigenvalue weighted by atomic mass is 9.96. The highest BCUT2D eigenvalue weighted by Crippen LogP contribution is 2.22. The first-order valence-corrected chi connectivity index (χ1v) is 7.43. The van der Waals surface area contributed by atoms with Gasteiger partial charge in [-0.25, -0.2) is 4.98 Å². The normalized spacial score (nSPS) is 20.6. The van der Waals surface area contributed by atoms with Gasteiger partial charge in [-0.15, -0.1) is 0 Å². The van der Waals surface area contributed by atoms with Crippen LogP contribution >= 0.6 is 11.6 Å². The van der Waals surface area contributed by atoms with Crippen LogP contribution in [0.25, 0.3) is 0 Å². The zero-order chi connectivity index (χ0) is 13.9. The van der Waals surface area contributed by atoms with Crippen LogP contribution in [0.1, 0.15) is 33.6 Å². The molecule has 0 aliphatic carbocycles. The lowest BCUT2D eigenvalue weighted by Gasteiger charge is -2.35. The molecule has 106 valence electrons. The Morgan fingerprint density at radius 3 is 2.84 bits per heavy atom. The van der Waals surface area contributed by atoms with Gasteiger partial charge < -0.3 is 10.2 Å². The minimum absolute atomic E-state index is 0.195. The van der Waals surface area contributed by atoms with Crippen molar-refractivity contribution in [3.8, 4) is 0 Å². The van der Waals surface area contributed by atoms with Crippen LogP contribution in [-0.4, -0.2) is 30.2 Å². The first-order valence-electron chi connectivity index (χ1n) is 7.05. The Kier molecular flexibility index (Phi) is 4.69. The SMILES string of the molecule is CC(C)(C)NCC1CCCN(c2ccc(Cl)cn2)C1. The number of nitrogens with zero attached hydrogens (tertiary/aromatic N) is 2. The number of hydrogen-bond donors (Lipinski definition) is 1. The number of piperidine rings is 1. The van der Waals surface area contributed by atoms with Gasteiger partial charge in [0.25, 0.3) is 0 Å². The number of halogens is 1. The number of nitrogens with one attached hydrogen (secondary N) is 1. The molecule has 0 saturated carbocycles. The molecule has 19 heavy (non-hydrogen) atoms. The molecular weight excluding hydrogens is 258 g/mol. The van der Waals surface area contributed by atoms with Crippen molar-refractivity contribution < 1.29 is 0 Å². The molecule has 0 spiro atoms. The number of rotatable bonds is 3. The van der Waals surface area contributed by atoms with Crippen LogP contribution in [0.15, 0.2) is 18.3 Å². The summed E-state index contributed by atoms with van der Waals surface area (Å²) >= 11 is 5.89. The fourth-order valence-electron chi connectivity index (χ4n) is 2.45. The van der Waals surface area contributed by atoms with Crippen molar-refractivity contribution in [2.24, 2.45) is 5.92 Å². The van der Waals surface area contributed by atoms with Crippen LogP contribution in [-0.2, 0) is 0 Å². The fraction of sp³-hybridized carbons (Fsp3) is 0.667. The largest absolute Gasteiger partial charge is 0.356 e. The maximum Gasteiger partial charge on any atom is 0.128 e. The monoisotopic (exact) mass is 281 g/mol. The van der Waals surface area contributed by atoms with Crippen molar-refractivity contribution in [3.05, 3.63) is 23.4 Å². The Hall–Kier alpha value is -0.800. The summed E-state index contributed by atoms with van der Waals surface area (Å²) < 4.78 is 0. The summed E-state index contributed by atoms with van der Waals surface area (Å²) in [5, 5.41) is 4.31. The molecule has 0 bridgehead atoms. The third-order valence-corrected chi connectivity index (χ3v) is 3.70. The molecule has 1 N–H and O–H groups in total. The standard InChI is InChI=1S/C15H24ClN3/c1-15(2,3)18-9-12-5-4-8-19(11-12)14-7-6-13(16)10-17-14/h6-7,10,12,18H,4-5,8-9,11H2,1-3H3. The van der Waals surface area contributed by atoms with Crippen molar-refractivity contribution in [2.45, 2.75) is 39.2 Å². The number of anilines is 1. The lowest BCUT2D eigenvalue weighted by molar-refractivity contribution is 0.335. The Morgan fingerprint density at radius 2 is 2.21 bits per heavy atom. The summed E-state index contributed by atoms with van der Waals surface area (Å²) in [5.41, 5.74) is 0.195. The van der Waals surface area contributed by atoms with E-state index in [9.17, 15) is 0 Å². The highest BCUT2D eigenvalue weighted by atomic mass is 35.5. The molecule has 0 amide bonds. The van der Waals surface area contributed by atoms with Crippen LogP contribution < -0.4 is 10.2 Å². The van der Waals surface area contributed by atoms with E-state index in [0.717, 1.165) is 25.5 Å². The van der Waals surface area contributed by atoms with Crippen LogP contribution in [0, 0.1) is 5.92 Å². The van der Waals surface area contributed by atoms with E-state index in [0.29, 0.717) is 10.9 Å². The smallest absolute Gasteiger partial charge is 0.128 e. The highest BCUT2D eigenvalue weighted by Gasteiger charge is 2.22. The molecular formula is C15H24ClN3. The molecule has 1 aliphatic heterocycles. The van der Waals surface area contributed by atoms with E-state index in [4.69, 9.17) is 11.6 Å². The molecule has 3 nitrogen and oxygen atoms in total. The fourth-order valence-corrected chi connectivity index (χ4v) is 2.56. The number of aromatic nitrogens is 1. The van der Waals surface area contributed by atoms with Gasteiger partial charge in [0.2, 0.25) is 0 Å². The van der Waals surface area contributed by atoms with E-state index in [-0.39, 0.29) is 5.54 Å². The van der Waals surface area contributed by atoms with Gasteiger partial charge in [0.15, 0.2) is 0 Å². The third kappa shape index (κ3) is 4.66. The molecule has 1 saturated heterocycles. The van der Waals surface area contributed by atoms with Crippen LogP contribution in [0.2, 0.25) is 5.02 Å². The second-order valence-electron chi connectivity index (χ2n) is 6.42. The highest BCUT2D eigenvalue weighted by molar-refractivity contribution is 6.30. The summed E-state index contributed by atoms with van der Waals surface area (Å²) in [6.45, 7) is 9.91. The van der Waals surface area contributed by atoms with E-state index < -0.39 is 0 Å². The van der Waals surface area contributed by atoms with Crippen molar-refractivity contribution >= 4 is 17.4 Å². The number of hydrogen-bond acceptors (Lipinski definition) is 3. The topological polar surface area (TPSA) is 28.2 Å². The lowest BCUT2D eigenvalue weighted by Crippen LogP contribution is -2.44. The average Bonchev–Trinajstić information content (AvgIpc) is 2.37. The van der Waals surface area contributed by atoms with Crippen LogP contribution in [0.4, 0.5) is 5.82 Å². The maximum absolute atomic E-state index is 5.89. The minimum atomic E-state index is 0.195. The van der Waals surface area contributed by atoms with E-state index in [2.05, 4.69) is 36.0 Å². The summed E-state index contributed by atoms with van der Waals surface area (Å²) in [6.07, 6.45) is 4.27. The van der Waals surface area contributed by atoms with Gasteiger partial charge >= 0.3 is 0 Å². The van der Waals surface area contributed by atoms with Crippen LogP contribution in [0.3, 0.4) is 0 Å². The maximum atomic E-state index is 5.89. The predicted octanol–water partition coefficient (Wildman–Crippen LogP) is 3.34. The van der Waals surface area contributed by atoms with Crippen molar-refractivity contribution in [1.29, 1.82) is 0 Å². The zero-order valence-corrected chi connectivity index (χ0v) is 12.9. The number of pyridine rings is 1. The van der Waals surface area contributed by atoms with E-state index in [1.54, 1.807) is 6.20 Å². The Morgan fingerprint density at radius 1 is 1.42 bits per heavy atom. The second-order valence-corrected chi connectivity index (χ2v) is 6.86. The first kappa shape index (κ1) is 14.6. The van der Waals surface area contributed by atoms with E-state index in [1.165, 1.54) is 12.8 Å². The van der Waals surface area contributed by atoms with Gasteiger partial charge in [-0.3, -0.25) is 0 Å². The summed E-state index contributed by atoms with van der Waals surface area (Å²) in [4.78, 5) is 6.79. The minimum Gasteiger partial charge on any atom is -0.356 e. The Labute approximate surface area is 121 Å². The second kappa shape index (κ2) is 6.10. The molecule has 1 aromatic heterocycles. The van der Waals surface area contributed by atoms with Crippen molar-refractivity contribution in [1.82, 2.24) is 10.3 Å². The molecule has 1 fully saturated rings. The van der Waals surface area contributed by atoms with E-state index >= 15 is 0 Å².